The lowest BCUT2D eigenvalue weighted by Crippen LogP contribution is -2.12. The van der Waals surface area contributed by atoms with Crippen molar-refractivity contribution in [2.75, 3.05) is 6.61 Å². The highest BCUT2D eigenvalue weighted by atomic mass is 17.1. The summed E-state index contributed by atoms with van der Waals surface area (Å²) in [4.78, 5) is 3.93. The van der Waals surface area contributed by atoms with Crippen molar-refractivity contribution >= 4 is 0 Å². The summed E-state index contributed by atoms with van der Waals surface area (Å²) in [7, 11) is 0. The topological polar surface area (TPSA) is 29.5 Å². The van der Waals surface area contributed by atoms with Crippen LogP contribution in [0.2, 0.25) is 0 Å². The fraction of sp³-hybridized carbons (Fsp3) is 0.714. The molecule has 0 spiro atoms. The van der Waals surface area contributed by atoms with Crippen LogP contribution in [0.25, 0.3) is 0 Å². The van der Waals surface area contributed by atoms with Crippen molar-refractivity contribution in [1.82, 2.24) is 0 Å². The van der Waals surface area contributed by atoms with E-state index < -0.39 is 0 Å². The Morgan fingerprint density at radius 2 is 2.00 bits per heavy atom. The van der Waals surface area contributed by atoms with E-state index >= 15 is 0 Å². The van der Waals surface area contributed by atoms with Gasteiger partial charge in [-0.2, -0.15) is 0 Å². The molecular formula is C7H14O2. The van der Waals surface area contributed by atoms with Crippen LogP contribution >= 0.6 is 0 Å². The van der Waals surface area contributed by atoms with Crippen LogP contribution in [-0.4, -0.2) is 11.9 Å². The Balaban J connectivity index is 3.74. The average molecular weight is 130 g/mol. The smallest absolute Gasteiger partial charge is 0.103 e. The van der Waals surface area contributed by atoms with Crippen LogP contribution in [0.15, 0.2) is 12.2 Å². The number of rotatable bonds is 2. The minimum atomic E-state index is 0.0305. The Morgan fingerprint density at radius 3 is 2.11 bits per heavy atom. The molecule has 0 unspecified atom stereocenters. The van der Waals surface area contributed by atoms with E-state index in [9.17, 15) is 0 Å². The SMILES string of the molecule is C=C(COO)C(C)(C)C. The summed E-state index contributed by atoms with van der Waals surface area (Å²) in [5.41, 5.74) is 0.924. The van der Waals surface area contributed by atoms with Crippen LogP contribution in [0, 0.1) is 5.41 Å². The van der Waals surface area contributed by atoms with Crippen molar-refractivity contribution in [3.63, 3.8) is 0 Å². The molecule has 0 saturated carbocycles. The molecule has 0 aliphatic heterocycles. The van der Waals surface area contributed by atoms with Gasteiger partial charge in [-0.05, 0) is 11.0 Å². The first-order valence-corrected chi connectivity index (χ1v) is 2.93. The Kier molecular flexibility index (Phi) is 2.88. The minimum Gasteiger partial charge on any atom is -0.251 e. The quantitative estimate of drug-likeness (QED) is 0.352. The van der Waals surface area contributed by atoms with E-state index in [1.165, 1.54) is 0 Å². The molecule has 0 aromatic carbocycles. The molecule has 54 valence electrons. The molecule has 0 heterocycles. The standard InChI is InChI=1S/C7H14O2/c1-6(5-9-8)7(2,3)4/h8H,1,5H2,2-4H3. The second-order valence-electron chi connectivity index (χ2n) is 3.13. The molecule has 0 aromatic rings. The van der Waals surface area contributed by atoms with Crippen LogP contribution in [0.3, 0.4) is 0 Å². The monoisotopic (exact) mass is 130 g/mol. The van der Waals surface area contributed by atoms with E-state index in [-0.39, 0.29) is 12.0 Å². The van der Waals surface area contributed by atoms with Crippen LogP contribution in [0.5, 0.6) is 0 Å². The summed E-state index contributed by atoms with van der Waals surface area (Å²) in [5.74, 6) is 0. The van der Waals surface area contributed by atoms with Crippen LogP contribution in [-0.2, 0) is 4.89 Å². The Labute approximate surface area is 56.1 Å². The van der Waals surface area contributed by atoms with Gasteiger partial charge in [0.15, 0.2) is 0 Å². The fourth-order valence-electron chi connectivity index (χ4n) is 0.294. The highest BCUT2D eigenvalue weighted by Crippen LogP contribution is 2.22. The molecule has 0 rings (SSSR count). The van der Waals surface area contributed by atoms with Crippen LogP contribution in [0.1, 0.15) is 20.8 Å². The Morgan fingerprint density at radius 1 is 1.56 bits per heavy atom. The van der Waals surface area contributed by atoms with Gasteiger partial charge in [0.05, 0.1) is 0 Å². The second kappa shape index (κ2) is 2.99. The van der Waals surface area contributed by atoms with E-state index in [0.717, 1.165) is 5.57 Å². The number of hydrogen-bond acceptors (Lipinski definition) is 2. The highest BCUT2D eigenvalue weighted by molar-refractivity contribution is 5.04. The molecule has 0 aromatic heterocycles. The molecule has 0 aliphatic carbocycles. The first kappa shape index (κ1) is 8.66. The van der Waals surface area contributed by atoms with Crippen molar-refractivity contribution in [3.8, 4) is 0 Å². The highest BCUT2D eigenvalue weighted by Gasteiger charge is 2.14. The summed E-state index contributed by atoms with van der Waals surface area (Å²) in [6.07, 6.45) is 0. The predicted molar refractivity (Wildman–Crippen MR) is 37.2 cm³/mol. The lowest BCUT2D eigenvalue weighted by atomic mass is 9.88. The molecule has 2 nitrogen and oxygen atoms in total. The molecule has 0 aliphatic rings. The molecular weight excluding hydrogens is 116 g/mol. The normalized spacial score (nSPS) is 11.6. The van der Waals surface area contributed by atoms with Gasteiger partial charge < -0.3 is 0 Å². The summed E-state index contributed by atoms with van der Waals surface area (Å²) in [6, 6.07) is 0. The summed E-state index contributed by atoms with van der Waals surface area (Å²) < 4.78 is 0. The largest absolute Gasteiger partial charge is 0.251 e. The predicted octanol–water partition coefficient (Wildman–Crippen LogP) is 2.08. The molecule has 0 radical (unpaired) electrons. The molecule has 2 heteroatoms. The average Bonchev–Trinajstić information content (AvgIpc) is 1.64. The first-order chi connectivity index (χ1) is 3.98. The van der Waals surface area contributed by atoms with E-state index in [4.69, 9.17) is 5.26 Å². The zero-order chi connectivity index (χ0) is 7.49. The Hall–Kier alpha value is -0.340. The van der Waals surface area contributed by atoms with Gasteiger partial charge in [0.25, 0.3) is 0 Å². The molecule has 0 bridgehead atoms. The summed E-state index contributed by atoms with van der Waals surface area (Å²) >= 11 is 0. The fourth-order valence-corrected chi connectivity index (χ4v) is 0.294. The van der Waals surface area contributed by atoms with Gasteiger partial charge in [-0.3, -0.25) is 5.26 Å². The lowest BCUT2D eigenvalue weighted by Gasteiger charge is -2.19. The molecule has 9 heavy (non-hydrogen) atoms. The zero-order valence-electron chi connectivity index (χ0n) is 6.27. The van der Waals surface area contributed by atoms with E-state index in [1.54, 1.807) is 0 Å². The van der Waals surface area contributed by atoms with Crippen molar-refractivity contribution in [2.45, 2.75) is 20.8 Å². The third-order valence-corrected chi connectivity index (χ3v) is 1.30. The Bertz CT molecular complexity index is 100.0. The minimum absolute atomic E-state index is 0.0305. The third-order valence-electron chi connectivity index (χ3n) is 1.30. The van der Waals surface area contributed by atoms with E-state index in [1.807, 2.05) is 20.8 Å². The maximum Gasteiger partial charge on any atom is 0.103 e. The molecule has 1 N–H and O–H groups in total. The van der Waals surface area contributed by atoms with Gasteiger partial charge in [-0.15, -0.1) is 0 Å². The molecule has 0 saturated heterocycles. The van der Waals surface area contributed by atoms with Crippen molar-refractivity contribution in [3.05, 3.63) is 12.2 Å². The van der Waals surface area contributed by atoms with E-state index in [0.29, 0.717) is 0 Å². The van der Waals surface area contributed by atoms with Gasteiger partial charge >= 0.3 is 0 Å². The van der Waals surface area contributed by atoms with Gasteiger partial charge in [0.1, 0.15) is 6.61 Å². The zero-order valence-corrected chi connectivity index (χ0v) is 6.27. The number of hydrogen-bond donors (Lipinski definition) is 1. The van der Waals surface area contributed by atoms with Gasteiger partial charge in [0, 0.05) is 0 Å². The molecule has 0 amide bonds. The summed E-state index contributed by atoms with van der Waals surface area (Å²) in [6.45, 7) is 10.0. The lowest BCUT2D eigenvalue weighted by molar-refractivity contribution is -0.235. The molecule has 0 atom stereocenters. The van der Waals surface area contributed by atoms with Crippen molar-refractivity contribution in [1.29, 1.82) is 0 Å². The van der Waals surface area contributed by atoms with Gasteiger partial charge in [0.2, 0.25) is 0 Å². The van der Waals surface area contributed by atoms with Gasteiger partial charge in [-0.25, -0.2) is 4.89 Å². The van der Waals surface area contributed by atoms with Gasteiger partial charge in [-0.1, -0.05) is 27.4 Å². The third kappa shape index (κ3) is 3.27. The second-order valence-corrected chi connectivity index (χ2v) is 3.13. The maximum absolute atomic E-state index is 8.04. The first-order valence-electron chi connectivity index (χ1n) is 2.93. The molecule has 0 fully saturated rings. The maximum atomic E-state index is 8.04. The van der Waals surface area contributed by atoms with Crippen LogP contribution < -0.4 is 0 Å². The van der Waals surface area contributed by atoms with Crippen LogP contribution in [0.4, 0.5) is 0 Å². The van der Waals surface area contributed by atoms with Crippen molar-refractivity contribution < 1.29 is 10.1 Å². The summed E-state index contributed by atoms with van der Waals surface area (Å²) in [5, 5.41) is 8.04. The van der Waals surface area contributed by atoms with Crippen molar-refractivity contribution in [2.24, 2.45) is 5.41 Å². The van der Waals surface area contributed by atoms with E-state index in [2.05, 4.69) is 11.5 Å².